The molecule has 0 bridgehead atoms. The summed E-state index contributed by atoms with van der Waals surface area (Å²) >= 11 is 6.32. The summed E-state index contributed by atoms with van der Waals surface area (Å²) in [6, 6.07) is 16.3. The van der Waals surface area contributed by atoms with Gasteiger partial charge in [-0.25, -0.2) is 5.43 Å². The van der Waals surface area contributed by atoms with Crippen LogP contribution in [0.25, 0.3) is 0 Å². The Labute approximate surface area is 165 Å². The molecule has 2 atom stereocenters. The summed E-state index contributed by atoms with van der Waals surface area (Å²) in [4.78, 5) is 17.4. The molecule has 5 nitrogen and oxygen atoms in total. The Morgan fingerprint density at radius 1 is 1.04 bits per heavy atom. The Morgan fingerprint density at radius 3 is 2.44 bits per heavy atom. The molecule has 0 aromatic heterocycles. The highest BCUT2D eigenvalue weighted by Crippen LogP contribution is 2.29. The summed E-state index contributed by atoms with van der Waals surface area (Å²) in [5.41, 5.74) is 9.88. The molecule has 0 aliphatic carbocycles. The van der Waals surface area contributed by atoms with Crippen molar-refractivity contribution in [3.05, 3.63) is 64.7 Å². The third-order valence-electron chi connectivity index (χ3n) is 5.52. The smallest absolute Gasteiger partial charge is 0.229 e. The van der Waals surface area contributed by atoms with Crippen LogP contribution in [0, 0.1) is 12.8 Å². The van der Waals surface area contributed by atoms with Gasteiger partial charge in [0.25, 0.3) is 0 Å². The molecule has 0 saturated carbocycles. The number of anilines is 1. The number of para-hydroxylation sites is 1. The van der Waals surface area contributed by atoms with E-state index in [1.165, 1.54) is 5.56 Å². The van der Waals surface area contributed by atoms with Crippen LogP contribution < -0.4 is 15.8 Å². The Balaban J connectivity index is 1.41. The van der Waals surface area contributed by atoms with E-state index in [4.69, 9.17) is 11.6 Å². The molecule has 27 heavy (non-hydrogen) atoms. The van der Waals surface area contributed by atoms with E-state index in [-0.39, 0.29) is 17.9 Å². The van der Waals surface area contributed by atoms with E-state index in [9.17, 15) is 4.79 Å². The Morgan fingerprint density at radius 2 is 1.74 bits per heavy atom. The SMILES string of the molecule is Cc1ccc(C2NNCC2C(=O)N2CCN(c3ccccc3Cl)CC2)cc1. The summed E-state index contributed by atoms with van der Waals surface area (Å²) in [5, 5.41) is 0.765. The van der Waals surface area contributed by atoms with E-state index in [0.29, 0.717) is 6.54 Å². The molecule has 4 rings (SSSR count). The number of halogens is 1. The molecule has 2 saturated heterocycles. The minimum Gasteiger partial charge on any atom is -0.367 e. The van der Waals surface area contributed by atoms with Crippen molar-refractivity contribution in [2.24, 2.45) is 5.92 Å². The summed E-state index contributed by atoms with van der Waals surface area (Å²) < 4.78 is 0. The first-order chi connectivity index (χ1) is 13.1. The largest absolute Gasteiger partial charge is 0.367 e. The predicted octanol–water partition coefficient (Wildman–Crippen LogP) is 2.76. The van der Waals surface area contributed by atoms with Crippen LogP contribution in [0.3, 0.4) is 0 Å². The maximum Gasteiger partial charge on any atom is 0.229 e. The second-order valence-corrected chi connectivity index (χ2v) is 7.69. The van der Waals surface area contributed by atoms with Crippen LogP contribution in [0.4, 0.5) is 5.69 Å². The number of nitrogens with one attached hydrogen (secondary N) is 2. The second-order valence-electron chi connectivity index (χ2n) is 7.28. The molecule has 2 unspecified atom stereocenters. The van der Waals surface area contributed by atoms with Gasteiger partial charge in [-0.1, -0.05) is 53.6 Å². The third kappa shape index (κ3) is 3.81. The van der Waals surface area contributed by atoms with Crippen LogP contribution in [-0.4, -0.2) is 43.5 Å². The highest BCUT2D eigenvalue weighted by molar-refractivity contribution is 6.33. The number of benzene rings is 2. The van der Waals surface area contributed by atoms with E-state index >= 15 is 0 Å². The van der Waals surface area contributed by atoms with Crippen LogP contribution in [0.2, 0.25) is 5.02 Å². The van der Waals surface area contributed by atoms with Crippen LogP contribution in [0.1, 0.15) is 17.2 Å². The van der Waals surface area contributed by atoms with Gasteiger partial charge < -0.3 is 9.80 Å². The molecule has 2 N–H and O–H groups in total. The Bertz CT molecular complexity index is 802. The van der Waals surface area contributed by atoms with Gasteiger partial charge in [-0.3, -0.25) is 10.2 Å². The first-order valence-electron chi connectivity index (χ1n) is 9.47. The first kappa shape index (κ1) is 18.3. The van der Waals surface area contributed by atoms with Crippen LogP contribution in [0.5, 0.6) is 0 Å². The molecular formula is C21H25ClN4O. The van der Waals surface area contributed by atoms with Crippen molar-refractivity contribution >= 4 is 23.2 Å². The van der Waals surface area contributed by atoms with Gasteiger partial charge in [-0.05, 0) is 24.6 Å². The average Bonchev–Trinajstić information content (AvgIpc) is 3.18. The topological polar surface area (TPSA) is 47.6 Å². The number of hydrogen-bond acceptors (Lipinski definition) is 4. The predicted molar refractivity (Wildman–Crippen MR) is 109 cm³/mol. The maximum absolute atomic E-state index is 13.2. The summed E-state index contributed by atoms with van der Waals surface area (Å²) in [6.07, 6.45) is 0. The quantitative estimate of drug-likeness (QED) is 0.854. The van der Waals surface area contributed by atoms with Gasteiger partial charge in [0.05, 0.1) is 22.7 Å². The van der Waals surface area contributed by atoms with Crippen molar-refractivity contribution in [1.29, 1.82) is 0 Å². The minimum absolute atomic E-state index is 0.0136. The van der Waals surface area contributed by atoms with Crippen LogP contribution >= 0.6 is 11.6 Å². The monoisotopic (exact) mass is 384 g/mol. The number of rotatable bonds is 3. The van der Waals surface area contributed by atoms with Crippen molar-refractivity contribution < 1.29 is 4.79 Å². The van der Waals surface area contributed by atoms with Crippen molar-refractivity contribution in [3.63, 3.8) is 0 Å². The molecule has 1 amide bonds. The van der Waals surface area contributed by atoms with E-state index in [1.807, 2.05) is 29.2 Å². The maximum atomic E-state index is 13.2. The van der Waals surface area contributed by atoms with Gasteiger partial charge in [0, 0.05) is 32.7 Å². The average molecular weight is 385 g/mol. The van der Waals surface area contributed by atoms with Crippen molar-refractivity contribution in [1.82, 2.24) is 15.8 Å². The first-order valence-corrected chi connectivity index (χ1v) is 9.84. The zero-order chi connectivity index (χ0) is 18.8. The standard InChI is InChI=1S/C21H25ClN4O/c1-15-6-8-16(9-7-15)20-17(14-23-24-20)21(27)26-12-10-25(11-13-26)19-5-3-2-4-18(19)22/h2-9,17,20,23-24H,10-14H2,1H3. The summed E-state index contributed by atoms with van der Waals surface area (Å²) in [6.45, 7) is 5.78. The van der Waals surface area contributed by atoms with Crippen molar-refractivity contribution in [3.8, 4) is 0 Å². The van der Waals surface area contributed by atoms with Gasteiger partial charge in [0.1, 0.15) is 0 Å². The fourth-order valence-corrected chi connectivity index (χ4v) is 4.18. The van der Waals surface area contributed by atoms with Gasteiger partial charge in [-0.2, -0.15) is 0 Å². The fourth-order valence-electron chi connectivity index (χ4n) is 3.93. The lowest BCUT2D eigenvalue weighted by Crippen LogP contribution is -2.51. The van der Waals surface area contributed by atoms with Gasteiger partial charge in [0.15, 0.2) is 0 Å². The molecule has 142 valence electrons. The fraction of sp³-hybridized carbons (Fsp3) is 0.381. The highest BCUT2D eigenvalue weighted by Gasteiger charge is 2.37. The zero-order valence-corrected chi connectivity index (χ0v) is 16.2. The third-order valence-corrected chi connectivity index (χ3v) is 5.84. The van der Waals surface area contributed by atoms with E-state index in [1.54, 1.807) is 0 Å². The van der Waals surface area contributed by atoms with E-state index in [0.717, 1.165) is 42.5 Å². The van der Waals surface area contributed by atoms with Gasteiger partial charge in [-0.15, -0.1) is 0 Å². The number of hydrogen-bond donors (Lipinski definition) is 2. The number of hydrazine groups is 1. The van der Waals surface area contributed by atoms with Gasteiger partial charge in [0.2, 0.25) is 5.91 Å². The van der Waals surface area contributed by atoms with Gasteiger partial charge >= 0.3 is 0 Å². The minimum atomic E-state index is -0.0837. The zero-order valence-electron chi connectivity index (χ0n) is 15.5. The lowest BCUT2D eigenvalue weighted by atomic mass is 9.93. The number of amides is 1. The molecule has 2 fully saturated rings. The molecule has 0 radical (unpaired) electrons. The molecule has 2 aromatic carbocycles. The normalized spacial score (nSPS) is 22.9. The lowest BCUT2D eigenvalue weighted by molar-refractivity contribution is -0.135. The summed E-state index contributed by atoms with van der Waals surface area (Å²) in [5.74, 6) is 0.136. The molecular weight excluding hydrogens is 360 g/mol. The highest BCUT2D eigenvalue weighted by atomic mass is 35.5. The number of carbonyl (C=O) groups is 1. The van der Waals surface area contributed by atoms with Crippen molar-refractivity contribution in [2.75, 3.05) is 37.6 Å². The molecule has 0 spiro atoms. The van der Waals surface area contributed by atoms with E-state index in [2.05, 4.69) is 46.9 Å². The molecule has 2 aromatic rings. The molecule has 2 heterocycles. The Kier molecular flexibility index (Phi) is 5.34. The van der Waals surface area contributed by atoms with E-state index < -0.39 is 0 Å². The Hall–Kier alpha value is -2.08. The number of carbonyl (C=O) groups excluding carboxylic acids is 1. The molecule has 6 heteroatoms. The second kappa shape index (κ2) is 7.89. The number of nitrogens with zero attached hydrogens (tertiary/aromatic N) is 2. The lowest BCUT2D eigenvalue weighted by Gasteiger charge is -2.38. The summed E-state index contributed by atoms with van der Waals surface area (Å²) in [7, 11) is 0. The molecule has 2 aliphatic rings. The number of piperazine rings is 1. The molecule has 2 aliphatic heterocycles. The van der Waals surface area contributed by atoms with Crippen LogP contribution in [-0.2, 0) is 4.79 Å². The van der Waals surface area contributed by atoms with Crippen molar-refractivity contribution in [2.45, 2.75) is 13.0 Å². The number of aryl methyl sites for hydroxylation is 1. The van der Waals surface area contributed by atoms with Crippen LogP contribution in [0.15, 0.2) is 48.5 Å².